The fourth-order valence-electron chi connectivity index (χ4n) is 3.66. The van der Waals surface area contributed by atoms with E-state index < -0.39 is 6.04 Å². The largest absolute Gasteiger partial charge is 0.497 e. The van der Waals surface area contributed by atoms with Gasteiger partial charge in [-0.15, -0.1) is 0 Å². The van der Waals surface area contributed by atoms with Gasteiger partial charge in [-0.3, -0.25) is 14.4 Å². The molecule has 1 saturated heterocycles. The van der Waals surface area contributed by atoms with Crippen LogP contribution in [0.25, 0.3) is 0 Å². The van der Waals surface area contributed by atoms with Gasteiger partial charge in [0, 0.05) is 31.7 Å². The van der Waals surface area contributed by atoms with E-state index in [1.54, 1.807) is 77.2 Å². The second-order valence-corrected chi connectivity index (χ2v) is 9.03. The van der Waals surface area contributed by atoms with E-state index in [-0.39, 0.29) is 17.7 Å². The van der Waals surface area contributed by atoms with E-state index in [1.165, 1.54) is 0 Å². The molecule has 0 spiro atoms. The third-order valence-electron chi connectivity index (χ3n) is 5.53. The van der Waals surface area contributed by atoms with E-state index in [4.69, 9.17) is 16.3 Å². The average molecular weight is 490 g/mol. The normalized spacial score (nSPS) is 14.5. The molecule has 0 aromatic heterocycles. The van der Waals surface area contributed by atoms with Crippen molar-refractivity contribution in [2.75, 3.05) is 45.3 Å². The smallest absolute Gasteiger partial charge is 0.254 e. The van der Waals surface area contributed by atoms with Crippen molar-refractivity contribution >= 4 is 41.1 Å². The number of rotatable bonds is 8. The molecular formula is C24H28ClN3O4S. The Morgan fingerprint density at radius 3 is 2.42 bits per heavy atom. The summed E-state index contributed by atoms with van der Waals surface area (Å²) in [6, 6.07) is 13.2. The van der Waals surface area contributed by atoms with Crippen molar-refractivity contribution in [3.05, 3.63) is 64.7 Å². The van der Waals surface area contributed by atoms with Crippen molar-refractivity contribution in [1.29, 1.82) is 0 Å². The van der Waals surface area contributed by atoms with E-state index in [0.717, 1.165) is 5.75 Å². The second-order valence-electron chi connectivity index (χ2n) is 7.64. The number of piperazine rings is 1. The summed E-state index contributed by atoms with van der Waals surface area (Å²) in [6.07, 6.45) is 2.47. The van der Waals surface area contributed by atoms with Gasteiger partial charge in [0.15, 0.2) is 0 Å². The van der Waals surface area contributed by atoms with E-state index >= 15 is 0 Å². The van der Waals surface area contributed by atoms with Crippen LogP contribution in [-0.4, -0.2) is 78.9 Å². The first kappa shape index (κ1) is 24.9. The van der Waals surface area contributed by atoms with Crippen molar-refractivity contribution < 1.29 is 19.1 Å². The van der Waals surface area contributed by atoms with Gasteiger partial charge in [0.2, 0.25) is 5.91 Å². The third kappa shape index (κ3) is 6.42. The zero-order valence-corrected chi connectivity index (χ0v) is 20.3. The lowest BCUT2D eigenvalue weighted by Gasteiger charge is -2.36. The molecule has 1 unspecified atom stereocenters. The Labute approximate surface area is 203 Å². The zero-order chi connectivity index (χ0) is 23.8. The number of carbonyl (C=O) groups excluding carboxylic acids is 3. The predicted molar refractivity (Wildman–Crippen MR) is 131 cm³/mol. The predicted octanol–water partition coefficient (Wildman–Crippen LogP) is 3.18. The Hall–Kier alpha value is -2.71. The second kappa shape index (κ2) is 12.0. The lowest BCUT2D eigenvalue weighted by atomic mass is 10.1. The number of amides is 3. The highest BCUT2D eigenvalue weighted by molar-refractivity contribution is 7.98. The highest BCUT2D eigenvalue weighted by Crippen LogP contribution is 2.18. The van der Waals surface area contributed by atoms with Crippen LogP contribution in [0.15, 0.2) is 48.5 Å². The summed E-state index contributed by atoms with van der Waals surface area (Å²) in [4.78, 5) is 42.3. The van der Waals surface area contributed by atoms with Gasteiger partial charge in [-0.1, -0.05) is 29.8 Å². The molecule has 33 heavy (non-hydrogen) atoms. The Morgan fingerprint density at radius 1 is 1.06 bits per heavy atom. The van der Waals surface area contributed by atoms with Crippen LogP contribution in [0.4, 0.5) is 0 Å². The minimum Gasteiger partial charge on any atom is -0.497 e. The van der Waals surface area contributed by atoms with Crippen LogP contribution >= 0.6 is 23.4 Å². The molecule has 7 nitrogen and oxygen atoms in total. The van der Waals surface area contributed by atoms with Crippen molar-refractivity contribution in [3.8, 4) is 5.75 Å². The van der Waals surface area contributed by atoms with Crippen LogP contribution < -0.4 is 10.1 Å². The molecule has 1 N–H and O–H groups in total. The monoisotopic (exact) mass is 489 g/mol. The first-order valence-corrected chi connectivity index (χ1v) is 12.5. The van der Waals surface area contributed by atoms with Crippen LogP contribution in [0.3, 0.4) is 0 Å². The van der Waals surface area contributed by atoms with Crippen LogP contribution in [-0.2, 0) is 4.79 Å². The quantitative estimate of drug-likeness (QED) is 0.616. The molecule has 0 radical (unpaired) electrons. The first-order valence-electron chi connectivity index (χ1n) is 10.7. The van der Waals surface area contributed by atoms with Crippen molar-refractivity contribution in [1.82, 2.24) is 15.1 Å². The van der Waals surface area contributed by atoms with Crippen LogP contribution in [0.1, 0.15) is 27.1 Å². The molecule has 1 fully saturated rings. The Kier molecular flexibility index (Phi) is 9.03. The number of halogens is 1. The number of hydrogen-bond acceptors (Lipinski definition) is 5. The molecule has 2 aromatic rings. The Bertz CT molecular complexity index is 995. The molecule has 0 aliphatic carbocycles. The molecule has 3 amide bonds. The molecule has 1 aliphatic heterocycles. The van der Waals surface area contributed by atoms with Crippen LogP contribution in [0.5, 0.6) is 5.75 Å². The standard InChI is InChI=1S/C24H28ClN3O4S/c1-32-18-7-5-6-17(16-18)23(30)27-11-13-28(14-12-27)24(31)21(10-15-33-2)26-22(29)19-8-3-4-9-20(19)25/h3-9,16,21H,10-15H2,1-2H3,(H,26,29). The highest BCUT2D eigenvalue weighted by Gasteiger charge is 2.30. The lowest BCUT2D eigenvalue weighted by Crippen LogP contribution is -2.56. The third-order valence-corrected chi connectivity index (χ3v) is 6.50. The minimum atomic E-state index is -0.651. The lowest BCUT2D eigenvalue weighted by molar-refractivity contribution is -0.134. The molecule has 0 saturated carbocycles. The molecule has 176 valence electrons. The van der Waals surface area contributed by atoms with Crippen molar-refractivity contribution in [3.63, 3.8) is 0 Å². The summed E-state index contributed by atoms with van der Waals surface area (Å²) < 4.78 is 5.20. The summed E-state index contributed by atoms with van der Waals surface area (Å²) in [5, 5.41) is 3.20. The molecule has 1 aliphatic rings. The van der Waals surface area contributed by atoms with Crippen LogP contribution in [0.2, 0.25) is 5.02 Å². The number of benzene rings is 2. The number of methoxy groups -OCH3 is 1. The fourth-order valence-corrected chi connectivity index (χ4v) is 4.36. The molecular weight excluding hydrogens is 462 g/mol. The molecule has 0 bridgehead atoms. The number of nitrogens with zero attached hydrogens (tertiary/aromatic N) is 2. The van der Waals surface area contributed by atoms with Gasteiger partial charge in [-0.2, -0.15) is 11.8 Å². The van der Waals surface area contributed by atoms with Crippen LogP contribution in [0, 0.1) is 0 Å². The van der Waals surface area contributed by atoms with Gasteiger partial charge in [0.05, 0.1) is 17.7 Å². The molecule has 1 heterocycles. The maximum Gasteiger partial charge on any atom is 0.254 e. The van der Waals surface area contributed by atoms with E-state index in [0.29, 0.717) is 54.5 Å². The van der Waals surface area contributed by atoms with Gasteiger partial charge in [0.1, 0.15) is 11.8 Å². The summed E-state index contributed by atoms with van der Waals surface area (Å²) in [5.41, 5.74) is 0.897. The number of carbonyl (C=O) groups is 3. The summed E-state index contributed by atoms with van der Waals surface area (Å²) in [7, 11) is 1.56. The fraction of sp³-hybridized carbons (Fsp3) is 0.375. The van der Waals surface area contributed by atoms with E-state index in [9.17, 15) is 14.4 Å². The van der Waals surface area contributed by atoms with Gasteiger partial charge < -0.3 is 19.9 Å². The number of ether oxygens (including phenoxy) is 1. The number of hydrogen-bond donors (Lipinski definition) is 1. The number of nitrogens with one attached hydrogen (secondary N) is 1. The molecule has 1 atom stereocenters. The highest BCUT2D eigenvalue weighted by atomic mass is 35.5. The summed E-state index contributed by atoms with van der Waals surface area (Å²) >= 11 is 7.76. The Morgan fingerprint density at radius 2 is 1.76 bits per heavy atom. The topological polar surface area (TPSA) is 79.0 Å². The van der Waals surface area contributed by atoms with E-state index in [1.807, 2.05) is 6.26 Å². The van der Waals surface area contributed by atoms with Crippen molar-refractivity contribution in [2.24, 2.45) is 0 Å². The average Bonchev–Trinajstić information content (AvgIpc) is 2.86. The summed E-state index contributed by atoms with van der Waals surface area (Å²) in [5.74, 6) is 0.755. The van der Waals surface area contributed by atoms with Gasteiger partial charge in [0.25, 0.3) is 11.8 Å². The van der Waals surface area contributed by atoms with Gasteiger partial charge in [-0.05, 0) is 48.8 Å². The maximum absolute atomic E-state index is 13.2. The SMILES string of the molecule is COc1cccc(C(=O)N2CCN(C(=O)C(CCSC)NC(=O)c3ccccc3Cl)CC2)c1. The van der Waals surface area contributed by atoms with Crippen molar-refractivity contribution in [2.45, 2.75) is 12.5 Å². The number of thioether (sulfide) groups is 1. The molecule has 9 heteroatoms. The van der Waals surface area contributed by atoms with E-state index in [2.05, 4.69) is 5.32 Å². The molecule has 3 rings (SSSR count). The van der Waals surface area contributed by atoms with Gasteiger partial charge in [-0.25, -0.2) is 0 Å². The van der Waals surface area contributed by atoms with Gasteiger partial charge >= 0.3 is 0 Å². The zero-order valence-electron chi connectivity index (χ0n) is 18.8. The first-order chi connectivity index (χ1) is 15.9. The summed E-state index contributed by atoms with van der Waals surface area (Å²) in [6.45, 7) is 1.67. The maximum atomic E-state index is 13.2. The Balaban J connectivity index is 1.62. The minimum absolute atomic E-state index is 0.0908. The molecule has 2 aromatic carbocycles.